The van der Waals surface area contributed by atoms with E-state index in [-0.39, 0.29) is 0 Å². The third kappa shape index (κ3) is 3.10. The van der Waals surface area contributed by atoms with Gasteiger partial charge in [0.1, 0.15) is 6.61 Å². The molecule has 1 aliphatic rings. The fraction of sp³-hybridized carbons (Fsp3) is 0.500. The van der Waals surface area contributed by atoms with Gasteiger partial charge in [0.2, 0.25) is 5.82 Å². The van der Waals surface area contributed by atoms with Gasteiger partial charge in [-0.25, -0.2) is 0 Å². The van der Waals surface area contributed by atoms with Gasteiger partial charge in [0, 0.05) is 10.6 Å². The molecule has 5 nitrogen and oxygen atoms in total. The molecule has 1 saturated carbocycles. The van der Waals surface area contributed by atoms with Crippen LogP contribution >= 0.6 is 11.6 Å². The van der Waals surface area contributed by atoms with Gasteiger partial charge >= 0.3 is 0 Å². The number of rotatable bonds is 4. The molecule has 1 heterocycles. The van der Waals surface area contributed by atoms with Gasteiger partial charge in [0.15, 0.2) is 0 Å². The van der Waals surface area contributed by atoms with Gasteiger partial charge in [-0.3, -0.25) is 0 Å². The summed E-state index contributed by atoms with van der Waals surface area (Å²) in [6.07, 6.45) is 6.41. The summed E-state index contributed by atoms with van der Waals surface area (Å²) in [6, 6.07) is 7.40. The maximum absolute atomic E-state index is 5.89. The van der Waals surface area contributed by atoms with Gasteiger partial charge in [-0.15, -0.1) is 5.10 Å². The van der Waals surface area contributed by atoms with Crippen molar-refractivity contribution in [3.05, 3.63) is 29.3 Å². The lowest BCUT2D eigenvalue weighted by molar-refractivity contribution is 0.0460. The van der Waals surface area contributed by atoms with Crippen LogP contribution in [0.1, 0.15) is 32.1 Å². The van der Waals surface area contributed by atoms with Crippen LogP contribution in [-0.2, 0) is 0 Å². The molecule has 1 aromatic carbocycles. The van der Waals surface area contributed by atoms with Crippen LogP contribution in [0.25, 0.3) is 11.4 Å². The Morgan fingerprint density at radius 3 is 2.65 bits per heavy atom. The maximum atomic E-state index is 5.89. The second-order valence-electron chi connectivity index (χ2n) is 5.18. The predicted octanol–water partition coefficient (Wildman–Crippen LogP) is 3.00. The van der Waals surface area contributed by atoms with Crippen LogP contribution in [0.15, 0.2) is 24.3 Å². The molecule has 0 radical (unpaired) electrons. The summed E-state index contributed by atoms with van der Waals surface area (Å²) in [5.41, 5.74) is 0.892. The Balaban J connectivity index is 1.68. The smallest absolute Gasteiger partial charge is 0.222 e. The average molecular weight is 293 g/mol. The Labute approximate surface area is 122 Å². The van der Waals surface area contributed by atoms with E-state index in [4.69, 9.17) is 16.4 Å². The van der Waals surface area contributed by atoms with E-state index >= 15 is 0 Å². The normalized spacial score (nSPS) is 16.2. The van der Waals surface area contributed by atoms with Crippen LogP contribution in [0.4, 0.5) is 0 Å². The monoisotopic (exact) mass is 292 g/mol. The van der Waals surface area contributed by atoms with E-state index < -0.39 is 0 Å². The molecule has 0 spiro atoms. The maximum Gasteiger partial charge on any atom is 0.222 e. The number of tetrazole rings is 1. The lowest BCUT2D eigenvalue weighted by atomic mass is 9.90. The summed E-state index contributed by atoms with van der Waals surface area (Å²) in [4.78, 5) is 7.16. The second kappa shape index (κ2) is 6.22. The van der Waals surface area contributed by atoms with Gasteiger partial charge in [0.05, 0.1) is 0 Å². The SMILES string of the molecule is Clc1ccc(-c2nnnn2OCC2CCCCC2)cc1. The quantitative estimate of drug-likeness (QED) is 0.869. The minimum atomic E-state index is 0.609. The highest BCUT2D eigenvalue weighted by Gasteiger charge is 2.16. The molecular weight excluding hydrogens is 276 g/mol. The molecule has 106 valence electrons. The molecule has 0 N–H and O–H groups in total. The van der Waals surface area contributed by atoms with Crippen molar-refractivity contribution in [2.45, 2.75) is 32.1 Å². The molecule has 2 aromatic rings. The Morgan fingerprint density at radius 2 is 1.90 bits per heavy atom. The third-order valence-electron chi connectivity index (χ3n) is 3.70. The third-order valence-corrected chi connectivity index (χ3v) is 3.95. The van der Waals surface area contributed by atoms with Crippen molar-refractivity contribution >= 4 is 11.6 Å². The summed E-state index contributed by atoms with van der Waals surface area (Å²) in [7, 11) is 0. The molecule has 0 unspecified atom stereocenters. The predicted molar refractivity (Wildman–Crippen MR) is 76.3 cm³/mol. The molecule has 6 heteroatoms. The van der Waals surface area contributed by atoms with Gasteiger partial charge < -0.3 is 4.84 Å². The highest BCUT2D eigenvalue weighted by atomic mass is 35.5. The lowest BCUT2D eigenvalue weighted by Crippen LogP contribution is -2.23. The van der Waals surface area contributed by atoms with Gasteiger partial charge in [-0.1, -0.05) is 35.7 Å². The van der Waals surface area contributed by atoms with Gasteiger partial charge in [-0.05, 0) is 53.5 Å². The van der Waals surface area contributed by atoms with Crippen LogP contribution < -0.4 is 4.84 Å². The number of nitrogens with zero attached hydrogens (tertiary/aromatic N) is 4. The van der Waals surface area contributed by atoms with Crippen molar-refractivity contribution in [3.63, 3.8) is 0 Å². The number of halogens is 1. The van der Waals surface area contributed by atoms with Crippen molar-refractivity contribution < 1.29 is 4.84 Å². The number of hydrogen-bond donors (Lipinski definition) is 0. The lowest BCUT2D eigenvalue weighted by Gasteiger charge is -2.21. The minimum Gasteiger partial charge on any atom is -0.393 e. The number of benzene rings is 1. The fourth-order valence-corrected chi connectivity index (χ4v) is 2.69. The first-order chi connectivity index (χ1) is 9.83. The van der Waals surface area contributed by atoms with E-state index in [1.165, 1.54) is 36.9 Å². The van der Waals surface area contributed by atoms with Crippen molar-refractivity contribution in [1.82, 2.24) is 20.4 Å². The zero-order valence-electron chi connectivity index (χ0n) is 11.2. The van der Waals surface area contributed by atoms with Crippen molar-refractivity contribution in [2.75, 3.05) is 6.61 Å². The summed E-state index contributed by atoms with van der Waals surface area (Å²) in [6.45, 7) is 0.672. The summed E-state index contributed by atoms with van der Waals surface area (Å²) >= 11 is 5.89. The van der Waals surface area contributed by atoms with E-state index in [0.717, 1.165) is 5.56 Å². The summed E-state index contributed by atoms with van der Waals surface area (Å²) in [5.74, 6) is 1.23. The Kier molecular flexibility index (Phi) is 4.16. The Bertz CT molecular complexity index is 549. The number of aromatic nitrogens is 4. The summed E-state index contributed by atoms with van der Waals surface area (Å²) in [5, 5.41) is 12.3. The molecule has 1 aliphatic carbocycles. The van der Waals surface area contributed by atoms with Crippen LogP contribution in [0, 0.1) is 5.92 Å². The fourth-order valence-electron chi connectivity index (χ4n) is 2.56. The standard InChI is InChI=1S/C14H17ClN4O/c15-13-8-6-12(7-9-13)14-16-17-18-19(14)20-10-11-4-2-1-3-5-11/h6-9,11H,1-5,10H2. The Morgan fingerprint density at radius 1 is 1.15 bits per heavy atom. The zero-order valence-corrected chi connectivity index (χ0v) is 12.0. The van der Waals surface area contributed by atoms with Gasteiger partial charge in [-0.2, -0.15) is 0 Å². The second-order valence-corrected chi connectivity index (χ2v) is 5.62. The molecule has 1 aromatic heterocycles. The molecule has 3 rings (SSSR count). The highest BCUT2D eigenvalue weighted by molar-refractivity contribution is 6.30. The molecule has 0 atom stereocenters. The Hall–Kier alpha value is -1.62. The molecule has 0 saturated heterocycles. The molecule has 1 fully saturated rings. The first-order valence-corrected chi connectivity index (χ1v) is 7.38. The largest absolute Gasteiger partial charge is 0.393 e. The van der Waals surface area contributed by atoms with Crippen LogP contribution in [0.3, 0.4) is 0 Å². The van der Waals surface area contributed by atoms with Crippen LogP contribution in [0.2, 0.25) is 5.02 Å². The van der Waals surface area contributed by atoms with Crippen molar-refractivity contribution in [2.24, 2.45) is 5.92 Å². The summed E-state index contributed by atoms with van der Waals surface area (Å²) < 4.78 is 0. The van der Waals surface area contributed by atoms with E-state index in [0.29, 0.717) is 23.4 Å². The highest BCUT2D eigenvalue weighted by Crippen LogP contribution is 2.23. The van der Waals surface area contributed by atoms with Gasteiger partial charge in [0.25, 0.3) is 0 Å². The van der Waals surface area contributed by atoms with E-state index in [1.54, 1.807) is 0 Å². The molecule has 0 amide bonds. The minimum absolute atomic E-state index is 0.609. The van der Waals surface area contributed by atoms with Crippen LogP contribution in [0.5, 0.6) is 0 Å². The van der Waals surface area contributed by atoms with E-state index in [2.05, 4.69) is 15.5 Å². The zero-order chi connectivity index (χ0) is 13.8. The molecule has 20 heavy (non-hydrogen) atoms. The van der Waals surface area contributed by atoms with E-state index in [1.807, 2.05) is 24.3 Å². The first-order valence-electron chi connectivity index (χ1n) is 7.00. The number of hydrogen-bond acceptors (Lipinski definition) is 4. The average Bonchev–Trinajstić information content (AvgIpc) is 2.95. The topological polar surface area (TPSA) is 52.8 Å². The molecule has 0 aliphatic heterocycles. The van der Waals surface area contributed by atoms with Crippen LogP contribution in [-0.4, -0.2) is 27.0 Å². The first kappa shape index (κ1) is 13.4. The molecule has 0 bridgehead atoms. The van der Waals surface area contributed by atoms with Crippen molar-refractivity contribution in [1.29, 1.82) is 0 Å². The van der Waals surface area contributed by atoms with E-state index in [9.17, 15) is 0 Å². The van der Waals surface area contributed by atoms with Crippen molar-refractivity contribution in [3.8, 4) is 11.4 Å². The molecular formula is C14H17ClN4O.